The summed E-state index contributed by atoms with van der Waals surface area (Å²) in [6.07, 6.45) is 9.40. The second-order valence-electron chi connectivity index (χ2n) is 6.39. The number of nitrogens with zero attached hydrogens (tertiary/aromatic N) is 4. The van der Waals surface area contributed by atoms with Crippen molar-refractivity contribution in [2.24, 2.45) is 0 Å². The summed E-state index contributed by atoms with van der Waals surface area (Å²) in [4.78, 5) is 16.5. The summed E-state index contributed by atoms with van der Waals surface area (Å²) in [6, 6.07) is 4.17. The molecular formula is C18H25N5OS. The summed E-state index contributed by atoms with van der Waals surface area (Å²) in [6.45, 7) is 4.75. The third kappa shape index (κ3) is 4.39. The Hall–Kier alpha value is -1.89. The van der Waals surface area contributed by atoms with E-state index in [2.05, 4.69) is 27.4 Å². The van der Waals surface area contributed by atoms with E-state index in [-0.39, 0.29) is 11.2 Å². The zero-order valence-corrected chi connectivity index (χ0v) is 15.6. The number of thioether (sulfide) groups is 1. The van der Waals surface area contributed by atoms with Crippen LogP contribution in [0.4, 0.5) is 0 Å². The standard InChI is InChI=1S/C18H25N5OS/c1-3-23-16(14-9-11-19-12-10-14)21-22-18(23)25-13(2)17(24)20-15-7-5-4-6-8-15/h9-13,15H,3-8H2,1-2H3,(H,20,24)/t13-/m0/s1. The van der Waals surface area contributed by atoms with Crippen LogP contribution in [0.15, 0.2) is 29.7 Å². The Morgan fingerprint density at radius 1 is 1.28 bits per heavy atom. The second-order valence-corrected chi connectivity index (χ2v) is 7.70. The van der Waals surface area contributed by atoms with Crippen molar-refractivity contribution >= 4 is 17.7 Å². The molecule has 1 fully saturated rings. The molecule has 0 spiro atoms. The lowest BCUT2D eigenvalue weighted by molar-refractivity contribution is -0.121. The van der Waals surface area contributed by atoms with Gasteiger partial charge in [0.15, 0.2) is 11.0 Å². The fraction of sp³-hybridized carbons (Fsp3) is 0.556. The van der Waals surface area contributed by atoms with Crippen molar-refractivity contribution < 1.29 is 4.79 Å². The zero-order valence-electron chi connectivity index (χ0n) is 14.8. The first-order chi connectivity index (χ1) is 12.2. The number of amides is 1. The maximum Gasteiger partial charge on any atom is 0.233 e. The summed E-state index contributed by atoms with van der Waals surface area (Å²) >= 11 is 1.47. The van der Waals surface area contributed by atoms with E-state index < -0.39 is 0 Å². The first-order valence-electron chi connectivity index (χ1n) is 8.99. The molecule has 25 heavy (non-hydrogen) atoms. The number of nitrogens with one attached hydrogen (secondary N) is 1. The molecule has 1 N–H and O–H groups in total. The van der Waals surface area contributed by atoms with Crippen LogP contribution < -0.4 is 5.32 Å². The molecular weight excluding hydrogens is 334 g/mol. The van der Waals surface area contributed by atoms with Gasteiger partial charge >= 0.3 is 0 Å². The topological polar surface area (TPSA) is 72.7 Å². The molecule has 0 radical (unpaired) electrons. The van der Waals surface area contributed by atoms with Crippen LogP contribution in [0.25, 0.3) is 11.4 Å². The fourth-order valence-corrected chi connectivity index (χ4v) is 4.07. The van der Waals surface area contributed by atoms with Crippen molar-refractivity contribution in [3.05, 3.63) is 24.5 Å². The average molecular weight is 359 g/mol. The molecule has 3 rings (SSSR count). The molecule has 1 amide bonds. The Balaban J connectivity index is 1.67. The van der Waals surface area contributed by atoms with Crippen molar-refractivity contribution in [2.75, 3.05) is 0 Å². The normalized spacial score (nSPS) is 16.6. The number of pyridine rings is 1. The van der Waals surface area contributed by atoms with E-state index in [9.17, 15) is 4.79 Å². The minimum atomic E-state index is -0.193. The van der Waals surface area contributed by atoms with E-state index in [1.165, 1.54) is 31.0 Å². The first kappa shape index (κ1) is 17.9. The quantitative estimate of drug-likeness (QED) is 0.801. The maximum absolute atomic E-state index is 12.5. The van der Waals surface area contributed by atoms with Crippen LogP contribution in [0.2, 0.25) is 0 Å². The van der Waals surface area contributed by atoms with E-state index in [4.69, 9.17) is 0 Å². The highest BCUT2D eigenvalue weighted by molar-refractivity contribution is 8.00. The SMILES string of the molecule is CCn1c(S[C@@H](C)C(=O)NC2CCCCC2)nnc1-c1ccncc1. The first-order valence-corrected chi connectivity index (χ1v) is 9.87. The van der Waals surface area contributed by atoms with Gasteiger partial charge in [0.05, 0.1) is 5.25 Å². The lowest BCUT2D eigenvalue weighted by Crippen LogP contribution is -2.40. The summed E-state index contributed by atoms with van der Waals surface area (Å²) in [7, 11) is 0. The highest BCUT2D eigenvalue weighted by Gasteiger charge is 2.23. The van der Waals surface area contributed by atoms with Crippen molar-refractivity contribution in [1.29, 1.82) is 0 Å². The molecule has 6 nitrogen and oxygen atoms in total. The molecule has 2 aromatic heterocycles. The van der Waals surface area contributed by atoms with Gasteiger partial charge in [-0.05, 0) is 38.8 Å². The summed E-state index contributed by atoms with van der Waals surface area (Å²) in [5.41, 5.74) is 0.982. The zero-order chi connectivity index (χ0) is 17.6. The fourth-order valence-electron chi connectivity index (χ4n) is 3.15. The number of carbonyl (C=O) groups is 1. The van der Waals surface area contributed by atoms with Gasteiger partial charge in [-0.25, -0.2) is 0 Å². The minimum Gasteiger partial charge on any atom is -0.352 e. The minimum absolute atomic E-state index is 0.0908. The maximum atomic E-state index is 12.5. The number of hydrogen-bond acceptors (Lipinski definition) is 5. The van der Waals surface area contributed by atoms with E-state index in [1.54, 1.807) is 12.4 Å². The number of carbonyl (C=O) groups excluding carboxylic acids is 1. The van der Waals surface area contributed by atoms with Crippen LogP contribution in [0, 0.1) is 0 Å². The molecule has 7 heteroatoms. The Morgan fingerprint density at radius 2 is 2.00 bits per heavy atom. The van der Waals surface area contributed by atoms with Crippen LogP contribution in [0.3, 0.4) is 0 Å². The molecule has 0 aromatic carbocycles. The predicted octanol–water partition coefficient (Wildman–Crippen LogP) is 3.29. The van der Waals surface area contributed by atoms with Crippen molar-refractivity contribution in [2.45, 2.75) is 68.9 Å². The molecule has 0 aliphatic heterocycles. The van der Waals surface area contributed by atoms with Crippen molar-refractivity contribution in [1.82, 2.24) is 25.1 Å². The van der Waals surface area contributed by atoms with Crippen LogP contribution >= 0.6 is 11.8 Å². The molecule has 134 valence electrons. The highest BCUT2D eigenvalue weighted by Crippen LogP contribution is 2.27. The van der Waals surface area contributed by atoms with Crippen LogP contribution in [-0.2, 0) is 11.3 Å². The van der Waals surface area contributed by atoms with Gasteiger partial charge in [-0.1, -0.05) is 31.0 Å². The summed E-state index contributed by atoms with van der Waals surface area (Å²) < 4.78 is 2.05. The Kier molecular flexibility index (Phi) is 6.07. The van der Waals surface area contributed by atoms with Gasteiger partial charge in [0, 0.05) is 30.5 Å². The largest absolute Gasteiger partial charge is 0.352 e. The van der Waals surface area contributed by atoms with E-state index >= 15 is 0 Å². The Labute approximate surface area is 152 Å². The van der Waals surface area contributed by atoms with Gasteiger partial charge in [-0.2, -0.15) is 0 Å². The Morgan fingerprint density at radius 3 is 2.68 bits per heavy atom. The lowest BCUT2D eigenvalue weighted by atomic mass is 9.95. The van der Waals surface area contributed by atoms with E-state index in [0.29, 0.717) is 6.04 Å². The van der Waals surface area contributed by atoms with Gasteiger partial charge in [0.2, 0.25) is 5.91 Å². The van der Waals surface area contributed by atoms with Crippen LogP contribution in [0.5, 0.6) is 0 Å². The van der Waals surface area contributed by atoms with Gasteiger partial charge in [-0.3, -0.25) is 9.78 Å². The smallest absolute Gasteiger partial charge is 0.233 e. The van der Waals surface area contributed by atoms with Gasteiger partial charge < -0.3 is 9.88 Å². The molecule has 2 aromatic rings. The third-order valence-electron chi connectivity index (χ3n) is 4.57. The summed E-state index contributed by atoms with van der Waals surface area (Å²) in [5.74, 6) is 0.903. The molecule has 1 aliphatic carbocycles. The van der Waals surface area contributed by atoms with Gasteiger partial charge in [0.25, 0.3) is 0 Å². The van der Waals surface area contributed by atoms with E-state index in [0.717, 1.165) is 35.9 Å². The lowest BCUT2D eigenvalue weighted by Gasteiger charge is -2.24. The van der Waals surface area contributed by atoms with Crippen LogP contribution in [0.1, 0.15) is 46.0 Å². The predicted molar refractivity (Wildman–Crippen MR) is 99.3 cm³/mol. The number of hydrogen-bond donors (Lipinski definition) is 1. The van der Waals surface area contributed by atoms with Gasteiger partial charge in [0.1, 0.15) is 0 Å². The molecule has 1 aliphatic rings. The van der Waals surface area contributed by atoms with Crippen molar-refractivity contribution in [3.8, 4) is 11.4 Å². The molecule has 0 bridgehead atoms. The monoisotopic (exact) mass is 359 g/mol. The molecule has 0 unspecified atom stereocenters. The summed E-state index contributed by atoms with van der Waals surface area (Å²) in [5, 5.41) is 12.4. The van der Waals surface area contributed by atoms with Crippen LogP contribution in [-0.4, -0.2) is 36.9 Å². The van der Waals surface area contributed by atoms with E-state index in [1.807, 2.05) is 23.6 Å². The molecule has 2 heterocycles. The molecule has 0 saturated heterocycles. The second kappa shape index (κ2) is 8.47. The average Bonchev–Trinajstić information content (AvgIpc) is 3.05. The third-order valence-corrected chi connectivity index (χ3v) is 5.66. The molecule has 1 atom stereocenters. The number of aromatic nitrogens is 4. The highest BCUT2D eigenvalue weighted by atomic mass is 32.2. The molecule has 1 saturated carbocycles. The Bertz CT molecular complexity index is 697. The number of rotatable bonds is 6. The van der Waals surface area contributed by atoms with Crippen molar-refractivity contribution in [3.63, 3.8) is 0 Å². The van der Waals surface area contributed by atoms with Gasteiger partial charge in [-0.15, -0.1) is 10.2 Å².